The lowest BCUT2D eigenvalue weighted by Crippen LogP contribution is -2.41. The summed E-state index contributed by atoms with van der Waals surface area (Å²) in [6, 6.07) is 6.92. The van der Waals surface area contributed by atoms with Crippen LogP contribution in [0.15, 0.2) is 23.7 Å². The average Bonchev–Trinajstić information content (AvgIpc) is 2.86. The summed E-state index contributed by atoms with van der Waals surface area (Å²) in [5, 5.41) is 3.65. The molecule has 2 atom stereocenters. The van der Waals surface area contributed by atoms with Crippen LogP contribution >= 0.6 is 11.3 Å². The van der Waals surface area contributed by atoms with Gasteiger partial charge < -0.3 is 10.1 Å². The topological polar surface area (TPSA) is 34.2 Å². The van der Waals surface area contributed by atoms with Gasteiger partial charge in [-0.3, -0.25) is 0 Å². The number of aromatic nitrogens is 1. The number of rotatable bonds is 3. The zero-order valence-electron chi connectivity index (χ0n) is 11.5. The van der Waals surface area contributed by atoms with Crippen LogP contribution in [0.3, 0.4) is 0 Å². The molecular formula is C15H20N2OS. The predicted octanol–water partition coefficient (Wildman–Crippen LogP) is 4.06. The van der Waals surface area contributed by atoms with Crippen molar-refractivity contribution in [1.29, 1.82) is 0 Å². The number of hydrogen-bond donors (Lipinski definition) is 1. The van der Waals surface area contributed by atoms with Gasteiger partial charge in [0.2, 0.25) is 0 Å². The van der Waals surface area contributed by atoms with Crippen LogP contribution in [-0.4, -0.2) is 23.2 Å². The molecule has 0 aliphatic carbocycles. The lowest BCUT2D eigenvalue weighted by Gasteiger charge is -2.38. The summed E-state index contributed by atoms with van der Waals surface area (Å²) in [6.07, 6.45) is 3.22. The van der Waals surface area contributed by atoms with Crippen LogP contribution in [-0.2, 0) is 4.74 Å². The van der Waals surface area contributed by atoms with Crippen molar-refractivity contribution in [3.05, 3.63) is 23.7 Å². The molecule has 102 valence electrons. The molecule has 1 fully saturated rings. The zero-order valence-corrected chi connectivity index (χ0v) is 12.3. The van der Waals surface area contributed by atoms with Crippen molar-refractivity contribution in [1.82, 2.24) is 4.98 Å². The van der Waals surface area contributed by atoms with Gasteiger partial charge in [-0.2, -0.15) is 0 Å². The quantitative estimate of drug-likeness (QED) is 0.918. The summed E-state index contributed by atoms with van der Waals surface area (Å²) < 4.78 is 7.14. The fraction of sp³-hybridized carbons (Fsp3) is 0.533. The van der Waals surface area contributed by atoms with Crippen LogP contribution in [0.1, 0.15) is 33.1 Å². The summed E-state index contributed by atoms with van der Waals surface area (Å²) in [5.74, 6) is 0. The summed E-state index contributed by atoms with van der Waals surface area (Å²) in [7, 11) is 0. The lowest BCUT2D eigenvalue weighted by molar-refractivity contribution is -0.0708. The van der Waals surface area contributed by atoms with Crippen molar-refractivity contribution in [2.75, 3.05) is 11.9 Å². The summed E-state index contributed by atoms with van der Waals surface area (Å²) in [5.41, 5.74) is 4.21. The number of nitrogens with zero attached hydrogens (tertiary/aromatic N) is 1. The maximum Gasteiger partial charge on any atom is 0.0813 e. The smallest absolute Gasteiger partial charge is 0.0813 e. The van der Waals surface area contributed by atoms with Crippen LogP contribution in [0.4, 0.5) is 5.69 Å². The first-order valence-electron chi connectivity index (χ1n) is 6.92. The minimum atomic E-state index is 0.0322. The molecule has 1 aromatic heterocycles. The van der Waals surface area contributed by atoms with E-state index < -0.39 is 0 Å². The summed E-state index contributed by atoms with van der Waals surface area (Å²) in [6.45, 7) is 5.27. The number of ether oxygens (including phenoxy) is 1. The first-order valence-corrected chi connectivity index (χ1v) is 7.80. The lowest BCUT2D eigenvalue weighted by atomic mass is 9.90. The molecule has 0 radical (unpaired) electrons. The number of fused-ring (bicyclic) bond motifs is 1. The van der Waals surface area contributed by atoms with Crippen molar-refractivity contribution in [3.8, 4) is 0 Å². The van der Waals surface area contributed by atoms with Crippen molar-refractivity contribution >= 4 is 27.2 Å². The predicted molar refractivity (Wildman–Crippen MR) is 80.9 cm³/mol. The fourth-order valence-electron chi connectivity index (χ4n) is 2.68. The maximum absolute atomic E-state index is 5.89. The molecule has 1 N–H and O–H groups in total. The third-order valence-electron chi connectivity index (χ3n) is 4.04. The van der Waals surface area contributed by atoms with E-state index >= 15 is 0 Å². The highest BCUT2D eigenvalue weighted by atomic mass is 32.1. The Labute approximate surface area is 118 Å². The van der Waals surface area contributed by atoms with E-state index in [9.17, 15) is 0 Å². The largest absolute Gasteiger partial charge is 0.382 e. The van der Waals surface area contributed by atoms with Gasteiger partial charge in [0.05, 0.1) is 21.3 Å². The number of benzene rings is 1. The summed E-state index contributed by atoms with van der Waals surface area (Å²) >= 11 is 1.69. The third kappa shape index (κ3) is 2.74. The molecule has 19 heavy (non-hydrogen) atoms. The Hall–Kier alpha value is -1.13. The molecule has 1 aliphatic heterocycles. The molecule has 4 heteroatoms. The second kappa shape index (κ2) is 5.10. The van der Waals surface area contributed by atoms with Crippen LogP contribution in [0.25, 0.3) is 10.2 Å². The van der Waals surface area contributed by atoms with E-state index in [0.29, 0.717) is 6.04 Å². The Morgan fingerprint density at radius 1 is 1.53 bits per heavy atom. The highest BCUT2D eigenvalue weighted by molar-refractivity contribution is 7.16. The van der Waals surface area contributed by atoms with Crippen molar-refractivity contribution in [3.63, 3.8) is 0 Å². The molecule has 3 rings (SSSR count). The standard InChI is InChI=1S/C15H20N2OS/c1-3-15(2)9-12(6-7-18-15)17-11-4-5-13-14(8-11)19-10-16-13/h4-5,8,10,12,17H,3,6-7,9H2,1-2H3. The summed E-state index contributed by atoms with van der Waals surface area (Å²) in [4.78, 5) is 4.31. The highest BCUT2D eigenvalue weighted by Gasteiger charge is 2.31. The van der Waals surface area contributed by atoms with Gasteiger partial charge in [0.25, 0.3) is 0 Å². The van der Waals surface area contributed by atoms with Crippen molar-refractivity contribution < 1.29 is 4.74 Å². The SMILES string of the molecule is CCC1(C)CC(Nc2ccc3ncsc3c2)CCO1. The Balaban J connectivity index is 1.73. The van der Waals surface area contributed by atoms with Crippen LogP contribution in [0.5, 0.6) is 0 Å². The van der Waals surface area contributed by atoms with Gasteiger partial charge in [0, 0.05) is 18.3 Å². The van der Waals surface area contributed by atoms with Gasteiger partial charge in [-0.15, -0.1) is 11.3 Å². The van der Waals surface area contributed by atoms with Gasteiger partial charge >= 0.3 is 0 Å². The molecular weight excluding hydrogens is 256 g/mol. The van der Waals surface area contributed by atoms with Crippen LogP contribution < -0.4 is 5.32 Å². The minimum Gasteiger partial charge on any atom is -0.382 e. The maximum atomic E-state index is 5.89. The van der Waals surface area contributed by atoms with Crippen LogP contribution in [0, 0.1) is 0 Å². The Morgan fingerprint density at radius 2 is 2.42 bits per heavy atom. The van der Waals surface area contributed by atoms with E-state index in [4.69, 9.17) is 4.74 Å². The van der Waals surface area contributed by atoms with Gasteiger partial charge in [-0.25, -0.2) is 4.98 Å². The number of thiazole rings is 1. The van der Waals surface area contributed by atoms with E-state index in [1.165, 1.54) is 10.4 Å². The normalized spacial score (nSPS) is 27.6. The second-order valence-corrected chi connectivity index (χ2v) is 6.41. The molecule has 0 saturated carbocycles. The van der Waals surface area contributed by atoms with Crippen molar-refractivity contribution in [2.24, 2.45) is 0 Å². The molecule has 2 aromatic rings. The van der Waals surface area contributed by atoms with Crippen molar-refractivity contribution in [2.45, 2.75) is 44.8 Å². The molecule has 0 spiro atoms. The highest BCUT2D eigenvalue weighted by Crippen LogP contribution is 2.30. The van der Waals surface area contributed by atoms with Gasteiger partial charge in [0.1, 0.15) is 0 Å². The molecule has 1 aliphatic rings. The molecule has 2 heterocycles. The number of anilines is 1. The molecule has 0 amide bonds. The van der Waals surface area contributed by atoms with E-state index in [1.807, 2.05) is 5.51 Å². The van der Waals surface area contributed by atoms with Crippen LogP contribution in [0.2, 0.25) is 0 Å². The van der Waals surface area contributed by atoms with E-state index in [0.717, 1.165) is 31.4 Å². The van der Waals surface area contributed by atoms with Gasteiger partial charge in [-0.05, 0) is 44.4 Å². The van der Waals surface area contributed by atoms with E-state index in [2.05, 4.69) is 42.3 Å². The average molecular weight is 276 g/mol. The van der Waals surface area contributed by atoms with E-state index in [1.54, 1.807) is 11.3 Å². The van der Waals surface area contributed by atoms with Gasteiger partial charge in [-0.1, -0.05) is 6.92 Å². The Bertz CT molecular complexity index is 568. The fourth-order valence-corrected chi connectivity index (χ4v) is 3.40. The molecule has 2 unspecified atom stereocenters. The third-order valence-corrected chi connectivity index (χ3v) is 4.84. The Kier molecular flexibility index (Phi) is 3.46. The minimum absolute atomic E-state index is 0.0322. The first kappa shape index (κ1) is 12.9. The zero-order chi connectivity index (χ0) is 13.3. The Morgan fingerprint density at radius 3 is 3.26 bits per heavy atom. The van der Waals surface area contributed by atoms with Gasteiger partial charge in [0.15, 0.2) is 0 Å². The number of hydrogen-bond acceptors (Lipinski definition) is 4. The molecule has 0 bridgehead atoms. The molecule has 3 nitrogen and oxygen atoms in total. The monoisotopic (exact) mass is 276 g/mol. The number of nitrogens with one attached hydrogen (secondary N) is 1. The molecule has 1 saturated heterocycles. The second-order valence-electron chi connectivity index (χ2n) is 5.52. The first-order chi connectivity index (χ1) is 9.18. The molecule has 1 aromatic carbocycles. The van der Waals surface area contributed by atoms with E-state index in [-0.39, 0.29) is 5.60 Å².